The SMILES string of the molecule is O=C(O)CCCNC1CC=CCC1. The second-order valence-electron chi connectivity index (χ2n) is 3.43. The van der Waals surface area contributed by atoms with Gasteiger partial charge < -0.3 is 10.4 Å². The van der Waals surface area contributed by atoms with Crippen molar-refractivity contribution in [2.45, 2.75) is 38.1 Å². The van der Waals surface area contributed by atoms with E-state index in [1.807, 2.05) is 0 Å². The number of carboxylic acids is 1. The first-order valence-corrected chi connectivity index (χ1v) is 4.89. The van der Waals surface area contributed by atoms with Gasteiger partial charge in [-0.3, -0.25) is 4.79 Å². The number of carbonyl (C=O) groups is 1. The first-order chi connectivity index (χ1) is 6.29. The van der Waals surface area contributed by atoms with E-state index in [4.69, 9.17) is 5.11 Å². The summed E-state index contributed by atoms with van der Waals surface area (Å²) in [4.78, 5) is 10.2. The average Bonchev–Trinajstić information content (AvgIpc) is 2.14. The molecule has 0 saturated heterocycles. The van der Waals surface area contributed by atoms with E-state index in [0.29, 0.717) is 6.04 Å². The highest BCUT2D eigenvalue weighted by Crippen LogP contribution is 2.10. The van der Waals surface area contributed by atoms with Crippen molar-refractivity contribution in [1.29, 1.82) is 0 Å². The van der Waals surface area contributed by atoms with Crippen LogP contribution >= 0.6 is 0 Å². The first kappa shape index (κ1) is 10.3. The minimum Gasteiger partial charge on any atom is -0.481 e. The maximum Gasteiger partial charge on any atom is 0.303 e. The summed E-state index contributed by atoms with van der Waals surface area (Å²) in [7, 11) is 0. The fraction of sp³-hybridized carbons (Fsp3) is 0.700. The van der Waals surface area contributed by atoms with E-state index in [0.717, 1.165) is 25.8 Å². The minimum absolute atomic E-state index is 0.273. The maximum atomic E-state index is 10.2. The summed E-state index contributed by atoms with van der Waals surface area (Å²) >= 11 is 0. The third-order valence-corrected chi connectivity index (χ3v) is 2.27. The molecule has 3 nitrogen and oxygen atoms in total. The highest BCUT2D eigenvalue weighted by atomic mass is 16.4. The summed E-state index contributed by atoms with van der Waals surface area (Å²) in [5.41, 5.74) is 0. The quantitative estimate of drug-likeness (QED) is 0.502. The highest BCUT2D eigenvalue weighted by Gasteiger charge is 2.08. The van der Waals surface area contributed by atoms with E-state index in [2.05, 4.69) is 17.5 Å². The van der Waals surface area contributed by atoms with Crippen molar-refractivity contribution in [3.63, 3.8) is 0 Å². The van der Waals surface area contributed by atoms with Gasteiger partial charge in [0.2, 0.25) is 0 Å². The lowest BCUT2D eigenvalue weighted by Crippen LogP contribution is -2.30. The Kier molecular flexibility index (Phi) is 4.54. The molecule has 1 aliphatic rings. The van der Waals surface area contributed by atoms with E-state index < -0.39 is 5.97 Å². The molecule has 74 valence electrons. The van der Waals surface area contributed by atoms with Gasteiger partial charge in [0.1, 0.15) is 0 Å². The standard InChI is InChI=1S/C10H17NO2/c12-10(13)7-4-8-11-9-5-2-1-3-6-9/h1-2,9,11H,3-8H2,(H,12,13). The van der Waals surface area contributed by atoms with Gasteiger partial charge in [-0.15, -0.1) is 0 Å². The molecule has 0 aromatic carbocycles. The molecule has 0 aromatic rings. The Morgan fingerprint density at radius 3 is 3.00 bits per heavy atom. The van der Waals surface area contributed by atoms with Crippen LogP contribution in [0.5, 0.6) is 0 Å². The molecule has 1 unspecified atom stereocenters. The molecule has 13 heavy (non-hydrogen) atoms. The van der Waals surface area contributed by atoms with Gasteiger partial charge in [0.15, 0.2) is 0 Å². The zero-order chi connectivity index (χ0) is 9.52. The van der Waals surface area contributed by atoms with Crippen molar-refractivity contribution in [3.05, 3.63) is 12.2 Å². The third kappa shape index (κ3) is 4.68. The van der Waals surface area contributed by atoms with Gasteiger partial charge in [-0.05, 0) is 32.2 Å². The number of hydrogen-bond donors (Lipinski definition) is 2. The molecule has 0 amide bonds. The van der Waals surface area contributed by atoms with Crippen LogP contribution < -0.4 is 5.32 Å². The molecule has 1 atom stereocenters. The van der Waals surface area contributed by atoms with E-state index >= 15 is 0 Å². The van der Waals surface area contributed by atoms with Crippen LogP contribution in [0.2, 0.25) is 0 Å². The van der Waals surface area contributed by atoms with Crippen molar-refractivity contribution in [2.24, 2.45) is 0 Å². The van der Waals surface area contributed by atoms with Gasteiger partial charge in [-0.2, -0.15) is 0 Å². The van der Waals surface area contributed by atoms with Gasteiger partial charge in [0.25, 0.3) is 0 Å². The van der Waals surface area contributed by atoms with E-state index in [1.165, 1.54) is 6.42 Å². The third-order valence-electron chi connectivity index (χ3n) is 2.27. The maximum absolute atomic E-state index is 10.2. The lowest BCUT2D eigenvalue weighted by Gasteiger charge is -2.18. The predicted molar refractivity (Wildman–Crippen MR) is 51.7 cm³/mol. The Labute approximate surface area is 78.8 Å². The van der Waals surface area contributed by atoms with Crippen LogP contribution in [0.25, 0.3) is 0 Å². The van der Waals surface area contributed by atoms with Crippen LogP contribution in [-0.4, -0.2) is 23.7 Å². The zero-order valence-corrected chi connectivity index (χ0v) is 7.83. The van der Waals surface area contributed by atoms with Gasteiger partial charge in [0.05, 0.1) is 0 Å². The lowest BCUT2D eigenvalue weighted by molar-refractivity contribution is -0.137. The second kappa shape index (κ2) is 5.75. The fourth-order valence-corrected chi connectivity index (χ4v) is 1.52. The zero-order valence-electron chi connectivity index (χ0n) is 7.83. The normalized spacial score (nSPS) is 21.7. The van der Waals surface area contributed by atoms with Crippen molar-refractivity contribution in [2.75, 3.05) is 6.54 Å². The van der Waals surface area contributed by atoms with Crippen LogP contribution in [0, 0.1) is 0 Å². The molecule has 0 heterocycles. The summed E-state index contributed by atoms with van der Waals surface area (Å²) in [6.07, 6.45) is 8.83. The molecule has 0 saturated carbocycles. The fourth-order valence-electron chi connectivity index (χ4n) is 1.52. The Balaban J connectivity index is 1.99. The molecular formula is C10H17NO2. The van der Waals surface area contributed by atoms with Crippen molar-refractivity contribution < 1.29 is 9.90 Å². The molecule has 1 rings (SSSR count). The number of allylic oxidation sites excluding steroid dienone is 1. The molecule has 0 spiro atoms. The Morgan fingerprint density at radius 2 is 2.38 bits per heavy atom. The molecule has 3 heteroatoms. The predicted octanol–water partition coefficient (Wildman–Crippen LogP) is 1.55. The number of carboxylic acid groups (broad SMARTS) is 1. The Bertz CT molecular complexity index is 189. The van der Waals surface area contributed by atoms with Crippen molar-refractivity contribution in [1.82, 2.24) is 5.32 Å². The van der Waals surface area contributed by atoms with E-state index in [1.54, 1.807) is 0 Å². The summed E-state index contributed by atoms with van der Waals surface area (Å²) in [6.45, 7) is 0.824. The lowest BCUT2D eigenvalue weighted by atomic mass is 10.0. The topological polar surface area (TPSA) is 49.3 Å². The first-order valence-electron chi connectivity index (χ1n) is 4.89. The number of nitrogens with one attached hydrogen (secondary N) is 1. The largest absolute Gasteiger partial charge is 0.481 e. The van der Waals surface area contributed by atoms with Crippen LogP contribution in [0.1, 0.15) is 32.1 Å². The van der Waals surface area contributed by atoms with Crippen LogP contribution in [0.3, 0.4) is 0 Å². The highest BCUT2D eigenvalue weighted by molar-refractivity contribution is 5.66. The van der Waals surface area contributed by atoms with Crippen LogP contribution in [0.15, 0.2) is 12.2 Å². The molecule has 0 bridgehead atoms. The minimum atomic E-state index is -0.703. The monoisotopic (exact) mass is 183 g/mol. The number of rotatable bonds is 5. The van der Waals surface area contributed by atoms with Gasteiger partial charge >= 0.3 is 5.97 Å². The molecular weight excluding hydrogens is 166 g/mol. The molecule has 2 N–H and O–H groups in total. The Morgan fingerprint density at radius 1 is 1.54 bits per heavy atom. The number of hydrogen-bond acceptors (Lipinski definition) is 2. The van der Waals surface area contributed by atoms with Crippen molar-refractivity contribution in [3.8, 4) is 0 Å². The molecule has 0 fully saturated rings. The molecule has 0 aromatic heterocycles. The molecule has 1 aliphatic carbocycles. The van der Waals surface area contributed by atoms with Gasteiger partial charge in [0, 0.05) is 12.5 Å². The van der Waals surface area contributed by atoms with Gasteiger partial charge in [-0.1, -0.05) is 12.2 Å². The van der Waals surface area contributed by atoms with Gasteiger partial charge in [-0.25, -0.2) is 0 Å². The van der Waals surface area contributed by atoms with E-state index in [9.17, 15) is 4.79 Å². The summed E-state index contributed by atoms with van der Waals surface area (Å²) in [5, 5.41) is 11.8. The summed E-state index contributed by atoms with van der Waals surface area (Å²) in [5.74, 6) is -0.703. The van der Waals surface area contributed by atoms with Crippen LogP contribution in [-0.2, 0) is 4.79 Å². The molecule has 0 radical (unpaired) electrons. The van der Waals surface area contributed by atoms with E-state index in [-0.39, 0.29) is 6.42 Å². The molecule has 0 aliphatic heterocycles. The van der Waals surface area contributed by atoms with Crippen molar-refractivity contribution >= 4 is 5.97 Å². The second-order valence-corrected chi connectivity index (χ2v) is 3.43. The Hall–Kier alpha value is -0.830. The number of aliphatic carboxylic acids is 1. The average molecular weight is 183 g/mol. The summed E-state index contributed by atoms with van der Waals surface area (Å²) in [6, 6.07) is 0.568. The van der Waals surface area contributed by atoms with Crippen LogP contribution in [0.4, 0.5) is 0 Å². The summed E-state index contributed by atoms with van der Waals surface area (Å²) < 4.78 is 0. The smallest absolute Gasteiger partial charge is 0.303 e.